The van der Waals surface area contributed by atoms with Gasteiger partial charge >= 0.3 is 0 Å². The molecule has 0 saturated heterocycles. The Morgan fingerprint density at radius 1 is 0.667 bits per heavy atom. The standard InChI is InChI=1S/C18H24N4O2/c1-23-15-13-21(17-9-5-3-6-10-17)19-20-22(14-16-24-2)18-11-7-4-8-12-18/h3-12H,13-16H2,1-2H3/b20-19+. The number of rotatable bonds is 10. The van der Waals surface area contributed by atoms with Crippen LogP contribution in [0.1, 0.15) is 0 Å². The third-order valence-corrected chi connectivity index (χ3v) is 3.38. The van der Waals surface area contributed by atoms with Crippen molar-refractivity contribution in [2.75, 3.05) is 50.5 Å². The molecule has 0 N–H and O–H groups in total. The monoisotopic (exact) mass is 328 g/mol. The van der Waals surface area contributed by atoms with Gasteiger partial charge in [0.25, 0.3) is 0 Å². The summed E-state index contributed by atoms with van der Waals surface area (Å²) in [6.07, 6.45) is 0. The van der Waals surface area contributed by atoms with Gasteiger partial charge < -0.3 is 9.47 Å². The molecule has 128 valence electrons. The quantitative estimate of drug-likeness (QED) is 0.494. The molecule has 2 aromatic carbocycles. The minimum Gasteiger partial charge on any atom is -0.383 e. The van der Waals surface area contributed by atoms with Gasteiger partial charge in [0.15, 0.2) is 0 Å². The van der Waals surface area contributed by atoms with E-state index in [0.717, 1.165) is 11.4 Å². The first-order valence-electron chi connectivity index (χ1n) is 7.89. The van der Waals surface area contributed by atoms with Crippen molar-refractivity contribution in [1.82, 2.24) is 0 Å². The Balaban J connectivity index is 2.16. The van der Waals surface area contributed by atoms with Crippen molar-refractivity contribution in [3.8, 4) is 0 Å². The molecule has 0 spiro atoms. The van der Waals surface area contributed by atoms with E-state index in [9.17, 15) is 0 Å². The van der Waals surface area contributed by atoms with Gasteiger partial charge in [0, 0.05) is 14.2 Å². The van der Waals surface area contributed by atoms with Crippen LogP contribution in [0.15, 0.2) is 71.1 Å². The third-order valence-electron chi connectivity index (χ3n) is 3.38. The summed E-state index contributed by atoms with van der Waals surface area (Å²) < 4.78 is 10.3. The minimum absolute atomic E-state index is 0.567. The SMILES string of the molecule is COCCN(/N=N/N(CCOC)c1ccccc1)c1ccccc1. The fraction of sp³-hybridized carbons (Fsp3) is 0.333. The van der Waals surface area contributed by atoms with E-state index in [0.29, 0.717) is 26.3 Å². The number of benzene rings is 2. The molecule has 2 aromatic rings. The molecule has 0 aliphatic rings. The van der Waals surface area contributed by atoms with Crippen LogP contribution in [0, 0.1) is 0 Å². The van der Waals surface area contributed by atoms with Crippen molar-refractivity contribution in [2.45, 2.75) is 0 Å². The zero-order valence-corrected chi connectivity index (χ0v) is 14.2. The van der Waals surface area contributed by atoms with E-state index in [1.165, 1.54) is 0 Å². The molecule has 0 radical (unpaired) electrons. The summed E-state index contributed by atoms with van der Waals surface area (Å²) in [6.45, 7) is 2.38. The third kappa shape index (κ3) is 5.64. The van der Waals surface area contributed by atoms with Crippen molar-refractivity contribution >= 4 is 11.4 Å². The van der Waals surface area contributed by atoms with E-state index in [1.54, 1.807) is 14.2 Å². The summed E-state index contributed by atoms with van der Waals surface area (Å²) in [7, 11) is 3.35. The molecule has 24 heavy (non-hydrogen) atoms. The number of nitrogens with zero attached hydrogens (tertiary/aromatic N) is 4. The van der Waals surface area contributed by atoms with E-state index in [1.807, 2.05) is 70.7 Å². The van der Waals surface area contributed by atoms with Gasteiger partial charge in [-0.3, -0.25) is 0 Å². The average Bonchev–Trinajstić information content (AvgIpc) is 2.65. The first-order valence-corrected chi connectivity index (χ1v) is 7.89. The molecule has 0 aromatic heterocycles. The number of ether oxygens (including phenoxy) is 2. The lowest BCUT2D eigenvalue weighted by Crippen LogP contribution is -2.25. The Morgan fingerprint density at radius 2 is 1.04 bits per heavy atom. The highest BCUT2D eigenvalue weighted by Crippen LogP contribution is 2.17. The van der Waals surface area contributed by atoms with Gasteiger partial charge in [-0.25, -0.2) is 10.0 Å². The summed E-state index contributed by atoms with van der Waals surface area (Å²) in [6, 6.07) is 19.8. The Hall–Kier alpha value is -2.44. The Labute approximate surface area is 143 Å². The van der Waals surface area contributed by atoms with Gasteiger partial charge in [-0.05, 0) is 34.7 Å². The molecule has 0 unspecified atom stereocenters. The predicted octanol–water partition coefficient (Wildman–Crippen LogP) is 3.57. The van der Waals surface area contributed by atoms with Gasteiger partial charge in [-0.1, -0.05) is 36.4 Å². The molecule has 0 fully saturated rings. The predicted molar refractivity (Wildman–Crippen MR) is 96.2 cm³/mol. The van der Waals surface area contributed by atoms with Crippen LogP contribution >= 0.6 is 0 Å². The first-order chi connectivity index (χ1) is 11.8. The number of hydrogen-bond donors (Lipinski definition) is 0. The summed E-state index contributed by atoms with van der Waals surface area (Å²) in [5, 5.41) is 12.5. The molecule has 0 bridgehead atoms. The average molecular weight is 328 g/mol. The van der Waals surface area contributed by atoms with Crippen LogP contribution in [-0.2, 0) is 9.47 Å². The lowest BCUT2D eigenvalue weighted by Gasteiger charge is -2.21. The lowest BCUT2D eigenvalue weighted by molar-refractivity contribution is 0.203. The number of anilines is 2. The molecule has 0 heterocycles. The smallest absolute Gasteiger partial charge is 0.0668 e. The Morgan fingerprint density at radius 3 is 1.38 bits per heavy atom. The normalized spacial score (nSPS) is 10.9. The molecule has 6 nitrogen and oxygen atoms in total. The number of para-hydroxylation sites is 2. The highest BCUT2D eigenvalue weighted by molar-refractivity contribution is 5.46. The Bertz CT molecular complexity index is 539. The Kier molecular flexibility index (Phi) is 7.73. The maximum Gasteiger partial charge on any atom is 0.0668 e. The van der Waals surface area contributed by atoms with Crippen LogP contribution in [0.25, 0.3) is 0 Å². The molecule has 6 heteroatoms. The van der Waals surface area contributed by atoms with Crippen molar-refractivity contribution in [1.29, 1.82) is 0 Å². The molecular formula is C18H24N4O2. The van der Waals surface area contributed by atoms with Crippen molar-refractivity contribution in [3.05, 3.63) is 60.7 Å². The van der Waals surface area contributed by atoms with Crippen molar-refractivity contribution < 1.29 is 9.47 Å². The molecule has 0 amide bonds. The van der Waals surface area contributed by atoms with Gasteiger partial charge in [-0.2, -0.15) is 0 Å². The highest BCUT2D eigenvalue weighted by Gasteiger charge is 2.08. The molecule has 0 aliphatic carbocycles. The molecule has 0 atom stereocenters. The number of hydrogen-bond acceptors (Lipinski definition) is 4. The van der Waals surface area contributed by atoms with Crippen molar-refractivity contribution in [2.24, 2.45) is 10.4 Å². The first kappa shape index (κ1) is 17.9. The van der Waals surface area contributed by atoms with Gasteiger partial charge in [-0.15, -0.1) is 0 Å². The second-order valence-corrected chi connectivity index (χ2v) is 5.08. The molecule has 0 saturated carbocycles. The van der Waals surface area contributed by atoms with Crippen LogP contribution in [0.4, 0.5) is 11.4 Å². The van der Waals surface area contributed by atoms with Crippen LogP contribution in [0.2, 0.25) is 0 Å². The zero-order valence-electron chi connectivity index (χ0n) is 14.2. The van der Waals surface area contributed by atoms with E-state index in [2.05, 4.69) is 10.4 Å². The molecule has 2 rings (SSSR count). The second kappa shape index (κ2) is 10.4. The van der Waals surface area contributed by atoms with E-state index in [-0.39, 0.29) is 0 Å². The zero-order chi connectivity index (χ0) is 17.0. The van der Waals surface area contributed by atoms with Crippen LogP contribution < -0.4 is 10.0 Å². The van der Waals surface area contributed by atoms with Crippen molar-refractivity contribution in [3.63, 3.8) is 0 Å². The van der Waals surface area contributed by atoms with Gasteiger partial charge in [0.2, 0.25) is 0 Å². The van der Waals surface area contributed by atoms with Crippen LogP contribution in [0.3, 0.4) is 0 Å². The van der Waals surface area contributed by atoms with Gasteiger partial charge in [0.1, 0.15) is 0 Å². The van der Waals surface area contributed by atoms with E-state index >= 15 is 0 Å². The fourth-order valence-corrected chi connectivity index (χ4v) is 2.10. The second-order valence-electron chi connectivity index (χ2n) is 5.08. The lowest BCUT2D eigenvalue weighted by atomic mass is 10.3. The minimum atomic E-state index is 0.567. The summed E-state index contributed by atoms with van der Waals surface area (Å²) in [5.41, 5.74) is 1.94. The summed E-state index contributed by atoms with van der Waals surface area (Å²) in [4.78, 5) is 0. The van der Waals surface area contributed by atoms with Crippen LogP contribution in [0.5, 0.6) is 0 Å². The number of methoxy groups -OCH3 is 2. The van der Waals surface area contributed by atoms with E-state index in [4.69, 9.17) is 9.47 Å². The highest BCUT2D eigenvalue weighted by atomic mass is 16.5. The van der Waals surface area contributed by atoms with Gasteiger partial charge in [0.05, 0.1) is 37.7 Å². The van der Waals surface area contributed by atoms with Crippen LogP contribution in [-0.4, -0.2) is 40.5 Å². The summed E-state index contributed by atoms with van der Waals surface area (Å²) >= 11 is 0. The summed E-state index contributed by atoms with van der Waals surface area (Å²) in [5.74, 6) is 0. The largest absolute Gasteiger partial charge is 0.383 e. The van der Waals surface area contributed by atoms with E-state index < -0.39 is 0 Å². The molecule has 0 aliphatic heterocycles. The molecular weight excluding hydrogens is 304 g/mol. The topological polar surface area (TPSA) is 49.7 Å². The maximum atomic E-state index is 5.17. The maximum absolute atomic E-state index is 5.17. The fourth-order valence-electron chi connectivity index (χ4n) is 2.10.